The average molecular weight is 463 g/mol. The quantitative estimate of drug-likeness (QED) is 0.387. The van der Waals surface area contributed by atoms with E-state index in [0.717, 1.165) is 41.5 Å². The third-order valence-corrected chi connectivity index (χ3v) is 6.42. The second kappa shape index (κ2) is 11.9. The lowest BCUT2D eigenvalue weighted by atomic mass is 10.1. The maximum atomic E-state index is 6.29. The van der Waals surface area contributed by atoms with Crippen molar-refractivity contribution >= 4 is 11.6 Å². The van der Waals surface area contributed by atoms with Crippen LogP contribution in [0.2, 0.25) is 0 Å². The van der Waals surface area contributed by atoms with Crippen molar-refractivity contribution in [2.75, 3.05) is 13.1 Å². The first-order valence-electron chi connectivity index (χ1n) is 12.6. The highest BCUT2D eigenvalue weighted by molar-refractivity contribution is 5.83. The SMILES string of the molecule is CCCCCCC(C)NCC1=CCC(CN2Cc3cc(Oc4ccccc4)ccc3N=C2N)O1. The van der Waals surface area contributed by atoms with Crippen molar-refractivity contribution in [3.05, 3.63) is 65.9 Å². The Hall–Kier alpha value is -2.99. The molecule has 3 N–H and O–H groups in total. The lowest BCUT2D eigenvalue weighted by molar-refractivity contribution is 0.111. The van der Waals surface area contributed by atoms with Crippen LogP contribution in [0.3, 0.4) is 0 Å². The van der Waals surface area contributed by atoms with Gasteiger partial charge in [0.2, 0.25) is 0 Å². The van der Waals surface area contributed by atoms with Crippen molar-refractivity contribution < 1.29 is 9.47 Å². The highest BCUT2D eigenvalue weighted by Gasteiger charge is 2.25. The van der Waals surface area contributed by atoms with Crippen LogP contribution in [0.25, 0.3) is 0 Å². The van der Waals surface area contributed by atoms with E-state index in [4.69, 9.17) is 15.2 Å². The molecule has 0 bridgehead atoms. The van der Waals surface area contributed by atoms with Crippen molar-refractivity contribution in [3.63, 3.8) is 0 Å². The number of para-hydroxylation sites is 1. The zero-order valence-electron chi connectivity index (χ0n) is 20.5. The molecule has 2 heterocycles. The van der Waals surface area contributed by atoms with E-state index in [1.807, 2.05) is 42.5 Å². The normalized spacial score (nSPS) is 18.1. The van der Waals surface area contributed by atoms with Gasteiger partial charge in [-0.3, -0.25) is 0 Å². The molecule has 0 aliphatic carbocycles. The summed E-state index contributed by atoms with van der Waals surface area (Å²) in [5, 5.41) is 3.60. The van der Waals surface area contributed by atoms with Crippen LogP contribution < -0.4 is 15.8 Å². The van der Waals surface area contributed by atoms with Gasteiger partial charge >= 0.3 is 0 Å². The molecule has 0 radical (unpaired) electrons. The predicted octanol–water partition coefficient (Wildman–Crippen LogP) is 5.86. The summed E-state index contributed by atoms with van der Waals surface area (Å²) in [7, 11) is 0. The minimum Gasteiger partial charge on any atom is -0.492 e. The topological polar surface area (TPSA) is 72.1 Å². The summed E-state index contributed by atoms with van der Waals surface area (Å²) in [6, 6.07) is 16.3. The molecule has 0 saturated carbocycles. The van der Waals surface area contributed by atoms with Crippen LogP contribution in [0, 0.1) is 0 Å². The Kier molecular flexibility index (Phi) is 8.47. The van der Waals surface area contributed by atoms with Crippen molar-refractivity contribution in [3.8, 4) is 11.5 Å². The number of ether oxygens (including phenoxy) is 2. The molecule has 6 nitrogen and oxygen atoms in total. The Bertz CT molecular complexity index is 989. The third-order valence-electron chi connectivity index (χ3n) is 6.42. The summed E-state index contributed by atoms with van der Waals surface area (Å²) in [4.78, 5) is 6.71. The average Bonchev–Trinajstić information content (AvgIpc) is 3.29. The molecule has 2 atom stereocenters. The van der Waals surface area contributed by atoms with Crippen LogP contribution in [0.15, 0.2) is 65.4 Å². The van der Waals surface area contributed by atoms with Crippen LogP contribution in [0.4, 0.5) is 5.69 Å². The van der Waals surface area contributed by atoms with Crippen molar-refractivity contribution in [2.24, 2.45) is 10.7 Å². The molecule has 2 unspecified atom stereocenters. The fourth-order valence-corrected chi connectivity index (χ4v) is 4.42. The summed E-state index contributed by atoms with van der Waals surface area (Å²) in [6.45, 7) is 6.71. The lowest BCUT2D eigenvalue weighted by Gasteiger charge is -2.30. The Balaban J connectivity index is 1.25. The molecular formula is C28H38N4O2. The molecule has 0 amide bonds. The van der Waals surface area contributed by atoms with Crippen LogP contribution in [0.5, 0.6) is 11.5 Å². The summed E-state index contributed by atoms with van der Waals surface area (Å²) in [5.74, 6) is 3.20. The molecule has 4 rings (SSSR count). The van der Waals surface area contributed by atoms with Gasteiger partial charge in [0.1, 0.15) is 23.4 Å². The van der Waals surface area contributed by atoms with Crippen molar-refractivity contribution in [1.29, 1.82) is 0 Å². The Morgan fingerprint density at radius 2 is 2.00 bits per heavy atom. The van der Waals surface area contributed by atoms with E-state index in [-0.39, 0.29) is 6.10 Å². The maximum Gasteiger partial charge on any atom is 0.196 e. The van der Waals surface area contributed by atoms with Gasteiger partial charge in [-0.05, 0) is 49.8 Å². The number of rotatable bonds is 12. The zero-order valence-corrected chi connectivity index (χ0v) is 20.5. The number of fused-ring (bicyclic) bond motifs is 1. The van der Waals surface area contributed by atoms with E-state index in [0.29, 0.717) is 25.1 Å². The summed E-state index contributed by atoms with van der Waals surface area (Å²) in [5.41, 5.74) is 8.30. The van der Waals surface area contributed by atoms with Gasteiger partial charge in [-0.1, -0.05) is 50.8 Å². The lowest BCUT2D eigenvalue weighted by Crippen LogP contribution is -2.43. The number of nitrogens with zero attached hydrogens (tertiary/aromatic N) is 2. The number of guanidine groups is 1. The first-order chi connectivity index (χ1) is 16.6. The van der Waals surface area contributed by atoms with Gasteiger partial charge in [-0.2, -0.15) is 0 Å². The van der Waals surface area contributed by atoms with Crippen LogP contribution in [0.1, 0.15) is 57.9 Å². The molecule has 2 aromatic carbocycles. The second-order valence-electron chi connectivity index (χ2n) is 9.33. The van der Waals surface area contributed by atoms with Gasteiger partial charge in [0, 0.05) is 24.6 Å². The second-order valence-corrected chi connectivity index (χ2v) is 9.33. The minimum absolute atomic E-state index is 0.0933. The Morgan fingerprint density at radius 1 is 1.15 bits per heavy atom. The zero-order chi connectivity index (χ0) is 23.8. The summed E-state index contributed by atoms with van der Waals surface area (Å²) >= 11 is 0. The monoisotopic (exact) mass is 462 g/mol. The number of nitrogens with two attached hydrogens (primary N) is 1. The number of hydrogen-bond acceptors (Lipinski definition) is 6. The minimum atomic E-state index is 0.0933. The molecule has 0 aromatic heterocycles. The molecule has 0 saturated heterocycles. The molecule has 0 fully saturated rings. The number of aliphatic imine (C=N–C) groups is 1. The van der Waals surface area contributed by atoms with E-state index in [1.165, 1.54) is 32.1 Å². The fraction of sp³-hybridized carbons (Fsp3) is 0.464. The third kappa shape index (κ3) is 6.76. The summed E-state index contributed by atoms with van der Waals surface area (Å²) in [6.07, 6.45) is 9.64. The van der Waals surface area contributed by atoms with E-state index >= 15 is 0 Å². The highest BCUT2D eigenvalue weighted by atomic mass is 16.5. The maximum absolute atomic E-state index is 6.29. The van der Waals surface area contributed by atoms with Gasteiger partial charge in [-0.15, -0.1) is 0 Å². The van der Waals surface area contributed by atoms with Crippen molar-refractivity contribution in [2.45, 2.75) is 71.1 Å². The van der Waals surface area contributed by atoms with E-state index in [9.17, 15) is 0 Å². The van der Waals surface area contributed by atoms with E-state index in [1.54, 1.807) is 0 Å². The molecule has 6 heteroatoms. The van der Waals surface area contributed by atoms with Gasteiger partial charge in [0.25, 0.3) is 0 Å². The van der Waals surface area contributed by atoms with E-state index < -0.39 is 0 Å². The first kappa shape index (κ1) is 24.1. The van der Waals surface area contributed by atoms with Gasteiger partial charge in [0.05, 0.1) is 18.8 Å². The number of hydrogen-bond donors (Lipinski definition) is 2. The molecule has 2 aliphatic heterocycles. The Morgan fingerprint density at radius 3 is 2.82 bits per heavy atom. The first-order valence-corrected chi connectivity index (χ1v) is 12.6. The van der Waals surface area contributed by atoms with Gasteiger partial charge in [0.15, 0.2) is 5.96 Å². The number of unbranched alkanes of at least 4 members (excludes halogenated alkanes) is 3. The predicted molar refractivity (Wildman–Crippen MR) is 138 cm³/mol. The Labute approximate surface area is 203 Å². The van der Waals surface area contributed by atoms with Gasteiger partial charge < -0.3 is 25.4 Å². The van der Waals surface area contributed by atoms with Crippen LogP contribution >= 0.6 is 0 Å². The largest absolute Gasteiger partial charge is 0.492 e. The van der Waals surface area contributed by atoms with Crippen molar-refractivity contribution in [1.82, 2.24) is 10.2 Å². The molecule has 34 heavy (non-hydrogen) atoms. The highest BCUT2D eigenvalue weighted by Crippen LogP contribution is 2.32. The van der Waals surface area contributed by atoms with Gasteiger partial charge in [-0.25, -0.2) is 4.99 Å². The van der Waals surface area contributed by atoms with E-state index in [2.05, 4.69) is 41.2 Å². The number of nitrogens with one attached hydrogen (secondary N) is 1. The van der Waals surface area contributed by atoms with Crippen LogP contribution in [-0.2, 0) is 11.3 Å². The standard InChI is InChI=1S/C28H38N4O2/c1-3-4-5-7-10-21(2)30-18-25-13-14-26(34-25)20-32-19-22-17-24(15-16-27(22)31-28(32)29)33-23-11-8-6-9-12-23/h6,8-9,11-13,15-17,21,26,30H,3-5,7,10,14,18-20H2,1-2H3,(H2,29,31). The molecule has 2 aliphatic rings. The molecular weight excluding hydrogens is 424 g/mol. The fourth-order valence-electron chi connectivity index (χ4n) is 4.42. The smallest absolute Gasteiger partial charge is 0.196 e. The molecule has 0 spiro atoms. The van der Waals surface area contributed by atoms with Crippen LogP contribution in [-0.4, -0.2) is 36.1 Å². The number of benzene rings is 2. The summed E-state index contributed by atoms with van der Waals surface area (Å²) < 4.78 is 12.2. The molecule has 182 valence electrons. The molecule has 2 aromatic rings.